The van der Waals surface area contributed by atoms with E-state index in [4.69, 9.17) is 9.47 Å². The third-order valence-corrected chi connectivity index (χ3v) is 6.34. The number of rotatable bonds is 5. The zero-order chi connectivity index (χ0) is 24.3. The Bertz CT molecular complexity index is 1100. The third kappa shape index (κ3) is 4.88. The molecule has 7 heteroatoms. The Balaban J connectivity index is 1.89. The molecule has 2 aliphatic heterocycles. The van der Waals surface area contributed by atoms with Crippen molar-refractivity contribution in [1.82, 2.24) is 10.2 Å². The van der Waals surface area contributed by atoms with Crippen molar-refractivity contribution >= 4 is 23.2 Å². The molecule has 0 spiro atoms. The number of ether oxygens (including phenoxy) is 2. The minimum Gasteiger partial charge on any atom is -0.493 e. The second kappa shape index (κ2) is 9.79. The lowest BCUT2D eigenvalue weighted by Crippen LogP contribution is -2.47. The van der Waals surface area contributed by atoms with Crippen molar-refractivity contribution in [3.05, 3.63) is 59.2 Å². The molecule has 2 amide bonds. The van der Waals surface area contributed by atoms with Crippen LogP contribution in [0.1, 0.15) is 44.2 Å². The van der Waals surface area contributed by atoms with E-state index in [-0.39, 0.29) is 17.0 Å². The predicted octanol–water partition coefficient (Wildman–Crippen LogP) is 3.99. The van der Waals surface area contributed by atoms with Crippen LogP contribution in [0.15, 0.2) is 48.0 Å². The van der Waals surface area contributed by atoms with Gasteiger partial charge in [-0.05, 0) is 69.4 Å². The quantitative estimate of drug-likeness (QED) is 0.398. The van der Waals surface area contributed by atoms with Gasteiger partial charge in [-0.1, -0.05) is 18.2 Å². The third-order valence-electron chi connectivity index (χ3n) is 6.34. The standard InChI is InChI=1S/C27H33N3O4/c1-27(2)17-18-15-21(33-3)22(34-4)16-20(18)24(29-27)23(26(32)30-13-9-6-10-14-30)25(31)28-19-11-7-5-8-12-19/h5,7-8,11-12,15-16,29H,6,9-10,13-14,17H2,1-4H3,(H,28,31). The highest BCUT2D eigenvalue weighted by Gasteiger charge is 2.36. The Morgan fingerprint density at radius 1 is 0.971 bits per heavy atom. The van der Waals surface area contributed by atoms with Crippen LogP contribution in [0.25, 0.3) is 5.70 Å². The number of nitrogens with zero attached hydrogens (tertiary/aromatic N) is 1. The number of hydrogen-bond donors (Lipinski definition) is 2. The lowest BCUT2D eigenvalue weighted by Gasteiger charge is -2.37. The van der Waals surface area contributed by atoms with Crippen molar-refractivity contribution in [3.63, 3.8) is 0 Å². The molecule has 0 saturated carbocycles. The highest BCUT2D eigenvalue weighted by molar-refractivity contribution is 6.27. The molecule has 180 valence electrons. The van der Waals surface area contributed by atoms with E-state index in [0.29, 0.717) is 42.4 Å². The summed E-state index contributed by atoms with van der Waals surface area (Å²) in [5.41, 5.74) is 2.68. The van der Waals surface area contributed by atoms with Crippen molar-refractivity contribution in [3.8, 4) is 11.5 Å². The minimum atomic E-state index is -0.428. The van der Waals surface area contributed by atoms with Gasteiger partial charge in [-0.2, -0.15) is 0 Å². The molecule has 0 aliphatic carbocycles. The second-order valence-electron chi connectivity index (χ2n) is 9.47. The summed E-state index contributed by atoms with van der Waals surface area (Å²) < 4.78 is 11.1. The summed E-state index contributed by atoms with van der Waals surface area (Å²) in [5, 5.41) is 6.43. The second-order valence-corrected chi connectivity index (χ2v) is 9.47. The fourth-order valence-corrected chi connectivity index (χ4v) is 4.71. The van der Waals surface area contributed by atoms with Gasteiger partial charge < -0.3 is 25.0 Å². The van der Waals surface area contributed by atoms with Gasteiger partial charge in [0.2, 0.25) is 0 Å². The van der Waals surface area contributed by atoms with E-state index < -0.39 is 5.91 Å². The first-order chi connectivity index (χ1) is 16.3. The Hall–Kier alpha value is -3.48. The molecule has 2 aromatic rings. The fourth-order valence-electron chi connectivity index (χ4n) is 4.71. The Labute approximate surface area is 201 Å². The smallest absolute Gasteiger partial charge is 0.263 e. The van der Waals surface area contributed by atoms with E-state index in [0.717, 1.165) is 30.4 Å². The summed E-state index contributed by atoms with van der Waals surface area (Å²) >= 11 is 0. The van der Waals surface area contributed by atoms with Crippen molar-refractivity contribution < 1.29 is 19.1 Å². The highest BCUT2D eigenvalue weighted by atomic mass is 16.5. The van der Waals surface area contributed by atoms with Crippen molar-refractivity contribution in [2.45, 2.75) is 45.1 Å². The molecule has 1 fully saturated rings. The Morgan fingerprint density at radius 3 is 2.26 bits per heavy atom. The molecule has 1 saturated heterocycles. The van der Waals surface area contributed by atoms with Crippen LogP contribution >= 0.6 is 0 Å². The van der Waals surface area contributed by atoms with E-state index in [1.807, 2.05) is 42.5 Å². The van der Waals surface area contributed by atoms with Crippen LogP contribution in [0, 0.1) is 0 Å². The normalized spacial score (nSPS) is 18.3. The molecule has 0 bridgehead atoms. The van der Waals surface area contributed by atoms with Gasteiger partial charge in [-0.3, -0.25) is 9.59 Å². The summed E-state index contributed by atoms with van der Waals surface area (Å²) in [6, 6.07) is 13.0. The first-order valence-corrected chi connectivity index (χ1v) is 11.8. The van der Waals surface area contributed by atoms with E-state index in [1.54, 1.807) is 19.1 Å². The van der Waals surface area contributed by atoms with Gasteiger partial charge in [0.15, 0.2) is 11.5 Å². The van der Waals surface area contributed by atoms with E-state index in [9.17, 15) is 9.59 Å². The zero-order valence-corrected chi connectivity index (χ0v) is 20.4. The molecular weight excluding hydrogens is 430 g/mol. The summed E-state index contributed by atoms with van der Waals surface area (Å²) in [4.78, 5) is 29.3. The number of nitrogens with one attached hydrogen (secondary N) is 2. The summed E-state index contributed by atoms with van der Waals surface area (Å²) in [6.45, 7) is 5.42. The lowest BCUT2D eigenvalue weighted by molar-refractivity contribution is -0.130. The van der Waals surface area contributed by atoms with Gasteiger partial charge in [0.1, 0.15) is 5.57 Å². The van der Waals surface area contributed by atoms with Gasteiger partial charge in [-0.15, -0.1) is 0 Å². The van der Waals surface area contributed by atoms with E-state index >= 15 is 0 Å². The monoisotopic (exact) mass is 463 g/mol. The number of benzene rings is 2. The first-order valence-electron chi connectivity index (χ1n) is 11.8. The molecular formula is C27H33N3O4. The number of amides is 2. The summed E-state index contributed by atoms with van der Waals surface area (Å²) in [6.07, 6.45) is 3.68. The molecule has 2 N–H and O–H groups in total. The van der Waals surface area contributed by atoms with Crippen LogP contribution in [0.3, 0.4) is 0 Å². The highest BCUT2D eigenvalue weighted by Crippen LogP contribution is 2.39. The molecule has 4 rings (SSSR count). The number of para-hydroxylation sites is 1. The van der Waals surface area contributed by atoms with Gasteiger partial charge >= 0.3 is 0 Å². The van der Waals surface area contributed by atoms with Gasteiger partial charge in [0.05, 0.1) is 19.9 Å². The largest absolute Gasteiger partial charge is 0.493 e. The van der Waals surface area contributed by atoms with Gasteiger partial charge in [0, 0.05) is 29.9 Å². The van der Waals surface area contributed by atoms with Crippen molar-refractivity contribution in [2.24, 2.45) is 0 Å². The molecule has 2 aromatic carbocycles. The number of likely N-dealkylation sites (tertiary alicyclic amines) is 1. The van der Waals surface area contributed by atoms with Crippen molar-refractivity contribution in [1.29, 1.82) is 0 Å². The van der Waals surface area contributed by atoms with Gasteiger partial charge in [-0.25, -0.2) is 0 Å². The minimum absolute atomic E-state index is 0.118. The average Bonchev–Trinajstić information content (AvgIpc) is 2.83. The fraction of sp³-hybridized carbons (Fsp3) is 0.407. The maximum atomic E-state index is 13.8. The van der Waals surface area contributed by atoms with E-state index in [1.165, 1.54) is 0 Å². The van der Waals surface area contributed by atoms with Crippen LogP contribution in [0.2, 0.25) is 0 Å². The number of methoxy groups -OCH3 is 2. The average molecular weight is 464 g/mol. The number of hydrogen-bond acceptors (Lipinski definition) is 5. The maximum Gasteiger partial charge on any atom is 0.263 e. The number of carbonyl (C=O) groups is 2. The predicted molar refractivity (Wildman–Crippen MR) is 133 cm³/mol. The van der Waals surface area contributed by atoms with Crippen LogP contribution < -0.4 is 20.1 Å². The SMILES string of the molecule is COc1cc2c(cc1OC)C(=C(C(=O)Nc1ccccc1)C(=O)N1CCCCC1)NC(C)(C)C2. The summed E-state index contributed by atoms with van der Waals surface area (Å²) in [5.74, 6) is 0.487. The molecule has 2 aliphatic rings. The van der Waals surface area contributed by atoms with Crippen LogP contribution in [0.5, 0.6) is 11.5 Å². The topological polar surface area (TPSA) is 79.9 Å². The zero-order valence-electron chi connectivity index (χ0n) is 20.4. The summed E-state index contributed by atoms with van der Waals surface area (Å²) in [7, 11) is 3.18. The Kier molecular flexibility index (Phi) is 6.82. The molecule has 0 radical (unpaired) electrons. The number of fused-ring (bicyclic) bond motifs is 1. The molecule has 0 aromatic heterocycles. The number of anilines is 1. The van der Waals surface area contributed by atoms with Gasteiger partial charge in [0.25, 0.3) is 11.8 Å². The number of carbonyl (C=O) groups excluding carboxylic acids is 2. The first kappa shape index (κ1) is 23.7. The maximum absolute atomic E-state index is 13.8. The molecule has 0 atom stereocenters. The number of piperidine rings is 1. The molecule has 2 heterocycles. The molecule has 0 unspecified atom stereocenters. The molecule has 7 nitrogen and oxygen atoms in total. The van der Waals surface area contributed by atoms with E-state index in [2.05, 4.69) is 24.5 Å². The van der Waals surface area contributed by atoms with Crippen molar-refractivity contribution in [2.75, 3.05) is 32.6 Å². The Morgan fingerprint density at radius 2 is 1.62 bits per heavy atom. The lowest BCUT2D eigenvalue weighted by atomic mass is 9.84. The van der Waals surface area contributed by atoms with Crippen LogP contribution in [0.4, 0.5) is 5.69 Å². The molecule has 34 heavy (non-hydrogen) atoms. The van der Waals surface area contributed by atoms with Crippen LogP contribution in [-0.2, 0) is 16.0 Å². The van der Waals surface area contributed by atoms with Crippen LogP contribution in [-0.4, -0.2) is 49.6 Å².